The van der Waals surface area contributed by atoms with Crippen LogP contribution in [0.5, 0.6) is 0 Å². The second kappa shape index (κ2) is 10.6. The fourth-order valence-electron chi connectivity index (χ4n) is 7.41. The molecule has 0 saturated carbocycles. The van der Waals surface area contributed by atoms with E-state index in [1.165, 1.54) is 12.7 Å². The van der Waals surface area contributed by atoms with Gasteiger partial charge in [0.2, 0.25) is 5.82 Å². The Balaban J connectivity index is 1.06. The number of hydrogen-bond acceptors (Lipinski definition) is 8. The van der Waals surface area contributed by atoms with Crippen molar-refractivity contribution in [2.45, 2.75) is 45.4 Å². The van der Waals surface area contributed by atoms with E-state index in [9.17, 15) is 9.59 Å². The van der Waals surface area contributed by atoms with Gasteiger partial charge in [-0.05, 0) is 62.4 Å². The summed E-state index contributed by atoms with van der Waals surface area (Å²) in [5.74, 6) is 0.541. The van der Waals surface area contributed by atoms with Crippen molar-refractivity contribution < 1.29 is 14.3 Å². The van der Waals surface area contributed by atoms with Gasteiger partial charge in [0.25, 0.3) is 5.91 Å². The minimum absolute atomic E-state index is 0.0179. The molecule has 7 rings (SSSR count). The predicted octanol–water partition coefficient (Wildman–Crippen LogP) is 4.44. The average molecular weight is 594 g/mol. The van der Waals surface area contributed by atoms with Crippen LogP contribution in [0.25, 0.3) is 5.65 Å². The molecule has 0 aliphatic carbocycles. The minimum Gasteiger partial charge on any atom is -0.465 e. The Morgan fingerprint density at radius 1 is 0.886 bits per heavy atom. The van der Waals surface area contributed by atoms with E-state index in [2.05, 4.69) is 58.2 Å². The first-order valence-electron chi connectivity index (χ1n) is 15.4. The van der Waals surface area contributed by atoms with E-state index < -0.39 is 0 Å². The van der Waals surface area contributed by atoms with Crippen molar-refractivity contribution in [2.75, 3.05) is 56.2 Å². The molecule has 3 aliphatic rings. The second-order valence-electron chi connectivity index (χ2n) is 13.2. The van der Waals surface area contributed by atoms with E-state index in [-0.39, 0.29) is 28.5 Å². The van der Waals surface area contributed by atoms with Crippen LogP contribution in [0, 0.1) is 19.3 Å². The predicted molar refractivity (Wildman–Crippen MR) is 168 cm³/mol. The van der Waals surface area contributed by atoms with Gasteiger partial charge >= 0.3 is 5.97 Å². The Kier molecular flexibility index (Phi) is 6.82. The average Bonchev–Trinajstić information content (AvgIpc) is 3.83. The molecule has 0 radical (unpaired) electrons. The van der Waals surface area contributed by atoms with Crippen LogP contribution in [0.1, 0.15) is 64.0 Å². The Bertz CT molecular complexity index is 1750. The lowest BCUT2D eigenvalue weighted by Gasteiger charge is -2.26. The van der Waals surface area contributed by atoms with Crippen molar-refractivity contribution in [1.29, 1.82) is 0 Å². The van der Waals surface area contributed by atoms with E-state index in [4.69, 9.17) is 14.7 Å². The molecule has 3 saturated heterocycles. The zero-order valence-corrected chi connectivity index (χ0v) is 25.9. The van der Waals surface area contributed by atoms with Gasteiger partial charge in [0.05, 0.1) is 24.6 Å². The van der Waals surface area contributed by atoms with E-state index in [0.717, 1.165) is 73.9 Å². The summed E-state index contributed by atoms with van der Waals surface area (Å²) in [6.45, 7) is 11.1. The van der Waals surface area contributed by atoms with Crippen molar-refractivity contribution in [3.8, 4) is 0 Å². The highest BCUT2D eigenvalue weighted by molar-refractivity contribution is 5.91. The maximum atomic E-state index is 13.7. The SMILES string of the molecule is COC(=O)c1cc(C)nc(N2CC[C@@]3(CCN(C(=O)c4nc5c(C)cc(N6CC[C@](C)(c7ccccc7)C6)cn5n4)C3)C2)c1. The van der Waals surface area contributed by atoms with Crippen LogP contribution in [0.2, 0.25) is 0 Å². The molecule has 10 nitrogen and oxygen atoms in total. The van der Waals surface area contributed by atoms with E-state index in [1.54, 1.807) is 16.6 Å². The van der Waals surface area contributed by atoms with Crippen LogP contribution in [0.3, 0.4) is 0 Å². The van der Waals surface area contributed by atoms with Crippen molar-refractivity contribution >= 4 is 29.0 Å². The zero-order chi connectivity index (χ0) is 30.6. The molecule has 0 bridgehead atoms. The number of anilines is 2. The number of nitrogens with zero attached hydrogens (tertiary/aromatic N) is 7. The molecule has 4 aromatic rings. The summed E-state index contributed by atoms with van der Waals surface area (Å²) in [4.78, 5) is 41.8. The number of aryl methyl sites for hydroxylation is 2. The lowest BCUT2D eigenvalue weighted by molar-refractivity contribution is 0.0600. The van der Waals surface area contributed by atoms with Crippen molar-refractivity contribution in [1.82, 2.24) is 24.5 Å². The number of likely N-dealkylation sites (tertiary alicyclic amines) is 1. The van der Waals surface area contributed by atoms with Crippen LogP contribution < -0.4 is 9.80 Å². The zero-order valence-electron chi connectivity index (χ0n) is 25.9. The van der Waals surface area contributed by atoms with Crippen LogP contribution in [0.15, 0.2) is 54.7 Å². The third-order valence-electron chi connectivity index (χ3n) is 9.95. The number of pyridine rings is 2. The monoisotopic (exact) mass is 593 g/mol. The van der Waals surface area contributed by atoms with Crippen molar-refractivity contribution in [3.63, 3.8) is 0 Å². The molecule has 3 aromatic heterocycles. The highest BCUT2D eigenvalue weighted by atomic mass is 16.5. The van der Waals surface area contributed by atoms with E-state index >= 15 is 0 Å². The third kappa shape index (κ3) is 4.96. The number of aromatic nitrogens is 4. The van der Waals surface area contributed by atoms with Crippen molar-refractivity contribution in [2.24, 2.45) is 5.41 Å². The number of methoxy groups -OCH3 is 1. The summed E-state index contributed by atoms with van der Waals surface area (Å²) >= 11 is 0. The van der Waals surface area contributed by atoms with Gasteiger partial charge < -0.3 is 19.4 Å². The molecule has 3 fully saturated rings. The maximum Gasteiger partial charge on any atom is 0.338 e. The molecule has 0 N–H and O–H groups in total. The second-order valence-corrected chi connectivity index (χ2v) is 13.2. The highest BCUT2D eigenvalue weighted by Crippen LogP contribution is 2.41. The summed E-state index contributed by atoms with van der Waals surface area (Å²) in [5, 5.41) is 4.69. The van der Waals surface area contributed by atoms with Crippen LogP contribution in [-0.4, -0.2) is 82.7 Å². The number of esters is 1. The summed E-state index contributed by atoms with van der Waals surface area (Å²) in [6, 6.07) is 16.4. The van der Waals surface area contributed by atoms with Crippen molar-refractivity contribution in [3.05, 3.63) is 82.9 Å². The number of hydrogen-bond donors (Lipinski definition) is 0. The van der Waals surface area contributed by atoms with Gasteiger partial charge in [-0.15, -0.1) is 5.10 Å². The summed E-state index contributed by atoms with van der Waals surface area (Å²) in [5.41, 5.74) is 5.54. The van der Waals surface area contributed by atoms with Crippen LogP contribution >= 0.6 is 0 Å². The fourth-order valence-corrected chi connectivity index (χ4v) is 7.41. The topological polar surface area (TPSA) is 96.2 Å². The lowest BCUT2D eigenvalue weighted by Crippen LogP contribution is -2.34. The number of fused-ring (bicyclic) bond motifs is 1. The molecule has 6 heterocycles. The normalized spacial score (nSPS) is 23.3. The molecule has 228 valence electrons. The first-order chi connectivity index (χ1) is 21.1. The largest absolute Gasteiger partial charge is 0.465 e. The van der Waals surface area contributed by atoms with Crippen LogP contribution in [-0.2, 0) is 10.2 Å². The van der Waals surface area contributed by atoms with Gasteiger partial charge in [-0.3, -0.25) is 4.79 Å². The first-order valence-corrected chi connectivity index (χ1v) is 15.4. The summed E-state index contributed by atoms with van der Waals surface area (Å²) < 4.78 is 6.70. The van der Waals surface area contributed by atoms with Crippen LogP contribution in [0.4, 0.5) is 11.5 Å². The molecule has 3 aliphatic heterocycles. The minimum atomic E-state index is -0.364. The molecular formula is C34H39N7O3. The highest BCUT2D eigenvalue weighted by Gasteiger charge is 2.46. The smallest absolute Gasteiger partial charge is 0.338 e. The first kappa shape index (κ1) is 28.3. The number of carbonyl (C=O) groups excluding carboxylic acids is 2. The number of amides is 1. The molecular weight excluding hydrogens is 554 g/mol. The fraction of sp³-hybridized carbons (Fsp3) is 0.441. The standard InChI is InChI=1S/C34H39N7O3/c1-23-16-27(38-13-10-33(3,20-38)26-8-6-5-7-9-26)19-41-30(23)36-29(37-41)31(42)40-15-12-34(22-40)11-14-39(21-34)28-18-25(32(43)44-4)17-24(2)35-28/h5-9,16-19H,10-15,20-22H2,1-4H3/t33-,34+/m0/s1. The Labute approximate surface area is 257 Å². The number of carbonyl (C=O) groups is 2. The van der Waals surface area contributed by atoms with Gasteiger partial charge in [-0.2, -0.15) is 0 Å². The molecule has 1 spiro atoms. The molecule has 44 heavy (non-hydrogen) atoms. The maximum absolute atomic E-state index is 13.7. The Morgan fingerprint density at radius 2 is 1.66 bits per heavy atom. The number of ether oxygens (including phenoxy) is 1. The Hall–Kier alpha value is -4.47. The van der Waals surface area contributed by atoms with E-state index in [0.29, 0.717) is 18.7 Å². The lowest BCUT2D eigenvalue weighted by atomic mass is 9.82. The molecule has 1 amide bonds. The van der Waals surface area contributed by atoms with Gasteiger partial charge in [-0.1, -0.05) is 37.3 Å². The third-order valence-corrected chi connectivity index (χ3v) is 9.95. The van der Waals surface area contributed by atoms with Gasteiger partial charge in [0.1, 0.15) is 5.82 Å². The van der Waals surface area contributed by atoms with E-state index in [1.807, 2.05) is 24.9 Å². The summed E-state index contributed by atoms with van der Waals surface area (Å²) in [6.07, 6.45) is 4.96. The number of benzene rings is 1. The van der Waals surface area contributed by atoms with Gasteiger partial charge in [-0.25, -0.2) is 19.3 Å². The molecule has 10 heteroatoms. The molecule has 1 aromatic carbocycles. The Morgan fingerprint density at radius 3 is 2.45 bits per heavy atom. The van der Waals surface area contributed by atoms with Gasteiger partial charge in [0.15, 0.2) is 5.65 Å². The number of rotatable bonds is 5. The quantitative estimate of drug-likeness (QED) is 0.314. The molecule has 2 atom stereocenters. The molecule has 0 unspecified atom stereocenters. The summed E-state index contributed by atoms with van der Waals surface area (Å²) in [7, 11) is 1.39. The van der Waals surface area contributed by atoms with Gasteiger partial charge in [0, 0.05) is 55.8 Å².